The Morgan fingerprint density at radius 1 is 1.25 bits per heavy atom. The molecule has 2 aromatic rings. The van der Waals surface area contributed by atoms with Crippen molar-refractivity contribution in [2.75, 3.05) is 18.8 Å². The number of rotatable bonds is 2. The molecule has 106 valence electrons. The molecule has 2 atom stereocenters. The molecular weight excluding hydrogens is 266 g/mol. The van der Waals surface area contributed by atoms with Gasteiger partial charge in [0.05, 0.1) is 5.52 Å². The van der Waals surface area contributed by atoms with Crippen molar-refractivity contribution < 1.29 is 0 Å². The van der Waals surface area contributed by atoms with Crippen molar-refractivity contribution in [2.24, 2.45) is 0 Å². The van der Waals surface area contributed by atoms with Crippen LogP contribution in [-0.4, -0.2) is 33.5 Å². The molecule has 1 aliphatic rings. The third kappa shape index (κ3) is 2.91. The minimum atomic E-state index is 0.669. The molecule has 0 bridgehead atoms. The second kappa shape index (κ2) is 5.62. The van der Waals surface area contributed by atoms with Crippen LogP contribution in [0.1, 0.15) is 19.4 Å². The average molecular weight is 287 g/mol. The molecule has 0 aliphatic carbocycles. The largest absolute Gasteiger partial charge is 0.383 e. The first-order valence-electron chi connectivity index (χ1n) is 7.14. The van der Waals surface area contributed by atoms with Crippen molar-refractivity contribution in [2.45, 2.75) is 30.9 Å². The maximum atomic E-state index is 6.13. The number of para-hydroxylation sites is 1. The summed E-state index contributed by atoms with van der Waals surface area (Å²) in [6.45, 7) is 7.76. The van der Waals surface area contributed by atoms with Crippen molar-refractivity contribution >= 4 is 28.5 Å². The van der Waals surface area contributed by atoms with E-state index in [0.29, 0.717) is 16.3 Å². The van der Waals surface area contributed by atoms with Gasteiger partial charge in [0, 0.05) is 41.1 Å². The second-order valence-corrected chi connectivity index (χ2v) is 7.56. The van der Waals surface area contributed by atoms with E-state index < -0.39 is 0 Å². The van der Waals surface area contributed by atoms with Gasteiger partial charge in [-0.2, -0.15) is 11.8 Å². The number of nitrogen functional groups attached to an aromatic ring is 1. The molecule has 1 fully saturated rings. The molecule has 20 heavy (non-hydrogen) atoms. The molecule has 3 nitrogen and oxygen atoms in total. The number of fused-ring (bicyclic) bond motifs is 1. The summed E-state index contributed by atoms with van der Waals surface area (Å²) in [5.41, 5.74) is 8.25. The smallest absolute Gasteiger partial charge is 0.128 e. The molecule has 1 aliphatic heterocycles. The summed E-state index contributed by atoms with van der Waals surface area (Å²) in [7, 11) is 0. The highest BCUT2D eigenvalue weighted by atomic mass is 32.2. The molecule has 1 aromatic carbocycles. The van der Waals surface area contributed by atoms with Gasteiger partial charge < -0.3 is 5.73 Å². The first-order chi connectivity index (χ1) is 9.61. The van der Waals surface area contributed by atoms with Gasteiger partial charge in [0.25, 0.3) is 0 Å². The first-order valence-corrected chi connectivity index (χ1v) is 8.08. The Labute approximate surface area is 124 Å². The summed E-state index contributed by atoms with van der Waals surface area (Å²) in [5.74, 6) is 0.669. The number of nitrogens with two attached hydrogens (primary N) is 1. The maximum absolute atomic E-state index is 6.13. The van der Waals surface area contributed by atoms with E-state index in [4.69, 9.17) is 5.73 Å². The Kier molecular flexibility index (Phi) is 3.85. The number of pyridine rings is 1. The second-order valence-electron chi connectivity index (χ2n) is 5.68. The SMILES string of the molecule is CC1CN(Cc2cc3ccccc3nc2N)CC(C)S1. The van der Waals surface area contributed by atoms with Crippen molar-refractivity contribution in [1.82, 2.24) is 9.88 Å². The fourth-order valence-corrected chi connectivity index (χ4v) is 4.34. The summed E-state index contributed by atoms with van der Waals surface area (Å²) in [5, 5.41) is 2.55. The highest BCUT2D eigenvalue weighted by Crippen LogP contribution is 2.27. The van der Waals surface area contributed by atoms with E-state index in [0.717, 1.165) is 30.7 Å². The zero-order valence-electron chi connectivity index (χ0n) is 12.0. The summed E-state index contributed by atoms with van der Waals surface area (Å²) >= 11 is 2.07. The molecule has 0 spiro atoms. The van der Waals surface area contributed by atoms with Crippen LogP contribution in [-0.2, 0) is 6.54 Å². The van der Waals surface area contributed by atoms with E-state index in [2.05, 4.69) is 47.6 Å². The third-order valence-electron chi connectivity index (χ3n) is 3.73. The summed E-state index contributed by atoms with van der Waals surface area (Å²) in [4.78, 5) is 7.02. The molecule has 2 unspecified atom stereocenters. The summed E-state index contributed by atoms with van der Waals surface area (Å²) in [6, 6.07) is 10.3. The summed E-state index contributed by atoms with van der Waals surface area (Å²) < 4.78 is 0. The molecule has 1 saturated heterocycles. The summed E-state index contributed by atoms with van der Waals surface area (Å²) in [6.07, 6.45) is 0. The standard InChI is InChI=1S/C16H21N3S/c1-11-8-19(9-12(2)20-11)10-14-7-13-5-3-4-6-15(13)18-16(14)17/h3-7,11-12H,8-10H2,1-2H3,(H2,17,18). The van der Waals surface area contributed by atoms with Gasteiger partial charge in [-0.05, 0) is 12.1 Å². The van der Waals surface area contributed by atoms with E-state index in [-0.39, 0.29) is 0 Å². The Hall–Kier alpha value is -1.26. The van der Waals surface area contributed by atoms with Crippen LogP contribution in [0.15, 0.2) is 30.3 Å². The van der Waals surface area contributed by atoms with Crippen LogP contribution >= 0.6 is 11.8 Å². The van der Waals surface area contributed by atoms with Crippen molar-refractivity contribution in [1.29, 1.82) is 0 Å². The minimum absolute atomic E-state index is 0.669. The fraction of sp³-hybridized carbons (Fsp3) is 0.438. The molecule has 3 rings (SSSR count). The van der Waals surface area contributed by atoms with Gasteiger partial charge in [-0.15, -0.1) is 0 Å². The highest BCUT2D eigenvalue weighted by Gasteiger charge is 2.22. The number of hydrogen-bond donors (Lipinski definition) is 1. The topological polar surface area (TPSA) is 42.2 Å². The Balaban J connectivity index is 1.85. The van der Waals surface area contributed by atoms with Gasteiger partial charge in [0.15, 0.2) is 0 Å². The maximum Gasteiger partial charge on any atom is 0.128 e. The predicted molar refractivity (Wildman–Crippen MR) is 87.9 cm³/mol. The van der Waals surface area contributed by atoms with Crippen LogP contribution in [0.5, 0.6) is 0 Å². The first kappa shape index (κ1) is 13.7. The Morgan fingerprint density at radius 2 is 1.95 bits per heavy atom. The Bertz CT molecular complexity index is 604. The fourth-order valence-electron chi connectivity index (χ4n) is 2.96. The number of anilines is 1. The molecule has 1 aromatic heterocycles. The normalized spacial score (nSPS) is 24.1. The molecule has 0 amide bonds. The molecule has 2 N–H and O–H groups in total. The third-order valence-corrected chi connectivity index (χ3v) is 4.95. The molecule has 4 heteroatoms. The van der Waals surface area contributed by atoms with E-state index in [1.54, 1.807) is 0 Å². The molecule has 0 saturated carbocycles. The number of aromatic nitrogens is 1. The lowest BCUT2D eigenvalue weighted by Gasteiger charge is -2.34. The van der Waals surface area contributed by atoms with Crippen molar-refractivity contribution in [3.8, 4) is 0 Å². The van der Waals surface area contributed by atoms with Gasteiger partial charge in [-0.3, -0.25) is 4.90 Å². The van der Waals surface area contributed by atoms with Crippen LogP contribution in [0.2, 0.25) is 0 Å². The number of hydrogen-bond acceptors (Lipinski definition) is 4. The average Bonchev–Trinajstić information content (AvgIpc) is 2.38. The zero-order chi connectivity index (χ0) is 14.1. The quantitative estimate of drug-likeness (QED) is 0.921. The van der Waals surface area contributed by atoms with Crippen molar-refractivity contribution in [3.63, 3.8) is 0 Å². The van der Waals surface area contributed by atoms with Crippen LogP contribution in [0.25, 0.3) is 10.9 Å². The van der Waals surface area contributed by atoms with Crippen LogP contribution in [0.3, 0.4) is 0 Å². The van der Waals surface area contributed by atoms with Crippen LogP contribution in [0, 0.1) is 0 Å². The van der Waals surface area contributed by atoms with E-state index >= 15 is 0 Å². The zero-order valence-corrected chi connectivity index (χ0v) is 12.9. The Morgan fingerprint density at radius 3 is 2.70 bits per heavy atom. The molecule has 0 radical (unpaired) electrons. The van der Waals surface area contributed by atoms with Gasteiger partial charge in [-0.1, -0.05) is 32.0 Å². The minimum Gasteiger partial charge on any atom is -0.383 e. The lowest BCUT2D eigenvalue weighted by atomic mass is 10.1. The van der Waals surface area contributed by atoms with Crippen molar-refractivity contribution in [3.05, 3.63) is 35.9 Å². The van der Waals surface area contributed by atoms with Gasteiger partial charge in [0.1, 0.15) is 5.82 Å². The van der Waals surface area contributed by atoms with Gasteiger partial charge in [-0.25, -0.2) is 4.98 Å². The van der Waals surface area contributed by atoms with Gasteiger partial charge in [0.2, 0.25) is 0 Å². The monoisotopic (exact) mass is 287 g/mol. The highest BCUT2D eigenvalue weighted by molar-refractivity contribution is 8.00. The molecule has 2 heterocycles. The number of thioether (sulfide) groups is 1. The van der Waals surface area contributed by atoms with E-state index in [9.17, 15) is 0 Å². The van der Waals surface area contributed by atoms with E-state index in [1.807, 2.05) is 18.2 Å². The van der Waals surface area contributed by atoms with E-state index in [1.165, 1.54) is 5.39 Å². The van der Waals surface area contributed by atoms with Crippen LogP contribution < -0.4 is 5.73 Å². The predicted octanol–water partition coefficient (Wildman–Crippen LogP) is 3.14. The lowest BCUT2D eigenvalue weighted by molar-refractivity contribution is 0.263. The lowest BCUT2D eigenvalue weighted by Crippen LogP contribution is -2.39. The van der Waals surface area contributed by atoms with Gasteiger partial charge >= 0.3 is 0 Å². The number of nitrogens with zero attached hydrogens (tertiary/aromatic N) is 2. The number of benzene rings is 1. The van der Waals surface area contributed by atoms with Crippen LogP contribution in [0.4, 0.5) is 5.82 Å². The molecular formula is C16H21N3S.